The summed E-state index contributed by atoms with van der Waals surface area (Å²) in [5.74, 6) is 0. The predicted octanol–water partition coefficient (Wildman–Crippen LogP) is 0.720. The fourth-order valence-corrected chi connectivity index (χ4v) is 1.75. The maximum absolute atomic E-state index is 11.4. The van der Waals surface area contributed by atoms with Crippen LogP contribution in [0, 0.1) is 11.3 Å². The lowest BCUT2D eigenvalue weighted by Crippen LogP contribution is -2.27. The monoisotopic (exact) mass is 241 g/mol. The van der Waals surface area contributed by atoms with Crippen LogP contribution in [-0.2, 0) is 12.8 Å². The van der Waals surface area contributed by atoms with E-state index in [2.05, 4.69) is 4.98 Å². The standard InChI is InChI=1S/C13H11N3O2/c14-8-10-11(15-13(18)16-12(10)17)7-6-9-4-2-1-3-5-9/h1-5H,6-7H2,(H2,15,16,17,18). The van der Waals surface area contributed by atoms with Gasteiger partial charge in [-0.1, -0.05) is 30.3 Å². The quantitative estimate of drug-likeness (QED) is 0.829. The van der Waals surface area contributed by atoms with E-state index in [1.54, 1.807) is 0 Å². The molecule has 1 aromatic heterocycles. The first-order chi connectivity index (χ1) is 8.70. The number of aromatic amines is 2. The van der Waals surface area contributed by atoms with Crippen LogP contribution in [0.2, 0.25) is 0 Å². The van der Waals surface area contributed by atoms with Crippen LogP contribution in [0.15, 0.2) is 39.9 Å². The van der Waals surface area contributed by atoms with E-state index in [0.717, 1.165) is 5.56 Å². The van der Waals surface area contributed by atoms with Crippen molar-refractivity contribution in [3.63, 3.8) is 0 Å². The number of hydrogen-bond donors (Lipinski definition) is 2. The van der Waals surface area contributed by atoms with Gasteiger partial charge < -0.3 is 4.98 Å². The molecule has 5 nitrogen and oxygen atoms in total. The molecule has 0 bridgehead atoms. The lowest BCUT2D eigenvalue weighted by Gasteiger charge is -2.03. The SMILES string of the molecule is N#Cc1c(CCc2ccccc2)[nH]c(=O)[nH]c1=O. The third-order valence-electron chi connectivity index (χ3n) is 2.64. The van der Waals surface area contributed by atoms with Crippen molar-refractivity contribution in [3.8, 4) is 6.07 Å². The summed E-state index contributed by atoms with van der Waals surface area (Å²) in [6.45, 7) is 0. The molecule has 2 rings (SSSR count). The molecule has 0 atom stereocenters. The molecule has 18 heavy (non-hydrogen) atoms. The van der Waals surface area contributed by atoms with Gasteiger partial charge in [0.15, 0.2) is 0 Å². The first-order valence-electron chi connectivity index (χ1n) is 5.50. The number of nitrogens with zero attached hydrogens (tertiary/aromatic N) is 1. The normalized spacial score (nSPS) is 9.94. The van der Waals surface area contributed by atoms with E-state index in [9.17, 15) is 9.59 Å². The van der Waals surface area contributed by atoms with E-state index in [4.69, 9.17) is 5.26 Å². The van der Waals surface area contributed by atoms with Gasteiger partial charge in [0.05, 0.1) is 0 Å². The van der Waals surface area contributed by atoms with Crippen LogP contribution in [0.4, 0.5) is 0 Å². The Bertz CT molecular complexity index is 693. The molecule has 0 aliphatic heterocycles. The Kier molecular flexibility index (Phi) is 3.39. The number of hydrogen-bond acceptors (Lipinski definition) is 3. The third-order valence-corrected chi connectivity index (χ3v) is 2.64. The highest BCUT2D eigenvalue weighted by Gasteiger charge is 2.08. The molecule has 0 saturated heterocycles. The molecule has 0 saturated carbocycles. The summed E-state index contributed by atoms with van der Waals surface area (Å²) in [5, 5.41) is 8.90. The molecule has 0 aliphatic carbocycles. The molecule has 0 radical (unpaired) electrons. The van der Waals surface area contributed by atoms with Gasteiger partial charge in [0.1, 0.15) is 11.6 Å². The lowest BCUT2D eigenvalue weighted by molar-refractivity contribution is 0.864. The molecule has 0 amide bonds. The Morgan fingerprint density at radius 3 is 2.44 bits per heavy atom. The second-order valence-electron chi connectivity index (χ2n) is 3.86. The van der Waals surface area contributed by atoms with Crippen LogP contribution >= 0.6 is 0 Å². The van der Waals surface area contributed by atoms with Gasteiger partial charge in [-0.15, -0.1) is 0 Å². The van der Waals surface area contributed by atoms with Gasteiger partial charge in [-0.25, -0.2) is 4.79 Å². The van der Waals surface area contributed by atoms with Gasteiger partial charge in [0.25, 0.3) is 5.56 Å². The molecule has 1 aromatic carbocycles. The second kappa shape index (κ2) is 5.15. The molecule has 90 valence electrons. The van der Waals surface area contributed by atoms with E-state index in [0.29, 0.717) is 18.5 Å². The van der Waals surface area contributed by atoms with Gasteiger partial charge in [0, 0.05) is 5.69 Å². The first kappa shape index (κ1) is 11.9. The topological polar surface area (TPSA) is 89.5 Å². The molecule has 0 fully saturated rings. The summed E-state index contributed by atoms with van der Waals surface area (Å²) in [5.41, 5.74) is 0.231. The van der Waals surface area contributed by atoms with Crippen molar-refractivity contribution in [2.75, 3.05) is 0 Å². The van der Waals surface area contributed by atoms with Crippen LogP contribution in [-0.4, -0.2) is 9.97 Å². The van der Waals surface area contributed by atoms with Crippen LogP contribution < -0.4 is 11.2 Å². The number of nitriles is 1. The average molecular weight is 241 g/mol. The Balaban J connectivity index is 2.28. The Hall–Kier alpha value is -2.61. The number of benzene rings is 1. The number of aryl methyl sites for hydroxylation is 2. The van der Waals surface area contributed by atoms with Crippen molar-refractivity contribution in [1.29, 1.82) is 5.26 Å². The highest BCUT2D eigenvalue weighted by atomic mass is 16.2. The molecule has 2 N–H and O–H groups in total. The van der Waals surface area contributed by atoms with Crippen molar-refractivity contribution in [3.05, 3.63) is 68.0 Å². The molecular weight excluding hydrogens is 230 g/mol. The van der Waals surface area contributed by atoms with E-state index >= 15 is 0 Å². The van der Waals surface area contributed by atoms with Crippen molar-refractivity contribution in [1.82, 2.24) is 9.97 Å². The first-order valence-corrected chi connectivity index (χ1v) is 5.50. The largest absolute Gasteiger partial charge is 0.325 e. The zero-order chi connectivity index (χ0) is 13.0. The van der Waals surface area contributed by atoms with Crippen molar-refractivity contribution < 1.29 is 0 Å². The number of nitrogens with one attached hydrogen (secondary N) is 2. The van der Waals surface area contributed by atoms with Gasteiger partial charge in [-0.05, 0) is 18.4 Å². The molecule has 0 aliphatic rings. The average Bonchev–Trinajstić information content (AvgIpc) is 2.37. The summed E-state index contributed by atoms with van der Waals surface area (Å²) in [4.78, 5) is 27.1. The van der Waals surface area contributed by atoms with Gasteiger partial charge in [0.2, 0.25) is 0 Å². The Labute approximate surface area is 103 Å². The van der Waals surface area contributed by atoms with E-state index in [1.807, 2.05) is 41.4 Å². The summed E-state index contributed by atoms with van der Waals surface area (Å²) < 4.78 is 0. The van der Waals surface area contributed by atoms with Crippen LogP contribution in [0.3, 0.4) is 0 Å². The Morgan fingerprint density at radius 2 is 1.78 bits per heavy atom. The lowest BCUT2D eigenvalue weighted by atomic mass is 10.1. The van der Waals surface area contributed by atoms with Gasteiger partial charge in [-0.2, -0.15) is 5.26 Å². The smallest absolute Gasteiger partial charge is 0.310 e. The third kappa shape index (κ3) is 2.55. The second-order valence-corrected chi connectivity index (χ2v) is 3.86. The van der Waals surface area contributed by atoms with Crippen LogP contribution in [0.5, 0.6) is 0 Å². The van der Waals surface area contributed by atoms with Crippen LogP contribution in [0.1, 0.15) is 16.8 Å². The Morgan fingerprint density at radius 1 is 1.06 bits per heavy atom. The molecule has 1 heterocycles. The summed E-state index contributed by atoms with van der Waals surface area (Å²) >= 11 is 0. The number of rotatable bonds is 3. The van der Waals surface area contributed by atoms with Crippen molar-refractivity contribution in [2.45, 2.75) is 12.8 Å². The maximum Gasteiger partial charge on any atom is 0.325 e. The highest BCUT2D eigenvalue weighted by Crippen LogP contribution is 2.05. The zero-order valence-electron chi connectivity index (χ0n) is 9.56. The summed E-state index contributed by atoms with van der Waals surface area (Å²) in [6, 6.07) is 11.5. The number of aromatic nitrogens is 2. The summed E-state index contributed by atoms with van der Waals surface area (Å²) in [7, 11) is 0. The highest BCUT2D eigenvalue weighted by molar-refractivity contribution is 5.31. The molecule has 2 aromatic rings. The van der Waals surface area contributed by atoms with E-state index < -0.39 is 11.2 Å². The fraction of sp³-hybridized carbons (Fsp3) is 0.154. The zero-order valence-corrected chi connectivity index (χ0v) is 9.56. The predicted molar refractivity (Wildman–Crippen MR) is 66.2 cm³/mol. The van der Waals surface area contributed by atoms with E-state index in [1.165, 1.54) is 0 Å². The molecule has 5 heteroatoms. The van der Waals surface area contributed by atoms with Crippen molar-refractivity contribution in [2.24, 2.45) is 0 Å². The maximum atomic E-state index is 11.4. The summed E-state index contributed by atoms with van der Waals surface area (Å²) in [6.07, 6.45) is 1.11. The minimum atomic E-state index is -0.635. The minimum absolute atomic E-state index is 0.0227. The number of H-pyrrole nitrogens is 2. The van der Waals surface area contributed by atoms with Crippen molar-refractivity contribution >= 4 is 0 Å². The van der Waals surface area contributed by atoms with Crippen LogP contribution in [0.25, 0.3) is 0 Å². The molecular formula is C13H11N3O2. The minimum Gasteiger partial charge on any atom is -0.310 e. The van der Waals surface area contributed by atoms with E-state index in [-0.39, 0.29) is 5.56 Å². The fourth-order valence-electron chi connectivity index (χ4n) is 1.75. The molecule has 0 unspecified atom stereocenters. The van der Waals surface area contributed by atoms with Gasteiger partial charge in [-0.3, -0.25) is 9.78 Å². The van der Waals surface area contributed by atoms with Gasteiger partial charge >= 0.3 is 5.69 Å². The molecule has 0 spiro atoms.